The number of para-hydroxylation sites is 2. The fourth-order valence-corrected chi connectivity index (χ4v) is 2.69. The second kappa shape index (κ2) is 6.93. The molecule has 6 nitrogen and oxygen atoms in total. The van der Waals surface area contributed by atoms with E-state index in [0.717, 1.165) is 5.56 Å². The number of fused-ring (bicyclic) bond motifs is 1. The summed E-state index contributed by atoms with van der Waals surface area (Å²) < 4.78 is 5.81. The number of nitrogens with one attached hydrogen (secondary N) is 1. The Bertz CT molecular complexity index is 787. The van der Waals surface area contributed by atoms with Crippen LogP contribution in [0.2, 0.25) is 0 Å². The highest BCUT2D eigenvalue weighted by atomic mass is 16.5. The van der Waals surface area contributed by atoms with Gasteiger partial charge in [-0.3, -0.25) is 14.5 Å². The molecule has 2 aromatic rings. The number of benzene rings is 1. The van der Waals surface area contributed by atoms with Crippen molar-refractivity contribution in [3.63, 3.8) is 0 Å². The van der Waals surface area contributed by atoms with E-state index in [1.165, 1.54) is 4.90 Å². The van der Waals surface area contributed by atoms with Crippen molar-refractivity contribution in [2.24, 2.45) is 5.92 Å². The molecule has 1 atom stereocenters. The van der Waals surface area contributed by atoms with Crippen molar-refractivity contribution in [2.45, 2.75) is 26.9 Å². The fraction of sp³-hybridized carbons (Fsp3) is 0.316. The van der Waals surface area contributed by atoms with Gasteiger partial charge >= 0.3 is 0 Å². The normalized spacial score (nSPS) is 16.4. The zero-order valence-corrected chi connectivity index (χ0v) is 14.5. The Hall–Kier alpha value is -2.89. The first-order valence-corrected chi connectivity index (χ1v) is 8.25. The van der Waals surface area contributed by atoms with Crippen molar-refractivity contribution in [1.82, 2.24) is 4.98 Å². The van der Waals surface area contributed by atoms with E-state index in [1.807, 2.05) is 45.0 Å². The first-order chi connectivity index (χ1) is 12.0. The van der Waals surface area contributed by atoms with Crippen LogP contribution in [0.3, 0.4) is 0 Å². The number of rotatable bonds is 4. The van der Waals surface area contributed by atoms with Gasteiger partial charge in [0.1, 0.15) is 18.1 Å². The molecule has 25 heavy (non-hydrogen) atoms. The van der Waals surface area contributed by atoms with Crippen LogP contribution in [-0.4, -0.2) is 29.4 Å². The van der Waals surface area contributed by atoms with Crippen molar-refractivity contribution in [3.05, 3.63) is 48.2 Å². The smallest absolute Gasteiger partial charge is 0.268 e. The standard InChI is InChI=1S/C19H21N3O3/c1-12(2)18-19(24)22(14-6-4-5-7-15(14)25-18)11-17(23)21-16-9-8-13(3)10-20-16/h4-10,12,18H,11H2,1-3H3,(H,20,21,23). The highest BCUT2D eigenvalue weighted by Gasteiger charge is 2.37. The number of carbonyl (C=O) groups is 2. The highest BCUT2D eigenvalue weighted by molar-refractivity contribution is 6.06. The summed E-state index contributed by atoms with van der Waals surface area (Å²) in [5.41, 5.74) is 1.62. The summed E-state index contributed by atoms with van der Waals surface area (Å²) in [6.45, 7) is 5.68. The Balaban J connectivity index is 1.80. The number of ether oxygens (including phenoxy) is 1. The topological polar surface area (TPSA) is 71.5 Å². The lowest BCUT2D eigenvalue weighted by molar-refractivity contribution is -0.129. The number of hydrogen-bond donors (Lipinski definition) is 1. The second-order valence-corrected chi connectivity index (χ2v) is 6.44. The monoisotopic (exact) mass is 339 g/mol. The van der Waals surface area contributed by atoms with E-state index in [4.69, 9.17) is 4.74 Å². The van der Waals surface area contributed by atoms with Crippen LogP contribution < -0.4 is 15.0 Å². The quantitative estimate of drug-likeness (QED) is 0.930. The number of nitrogens with zero attached hydrogens (tertiary/aromatic N) is 2. The first kappa shape index (κ1) is 17.0. The van der Waals surface area contributed by atoms with E-state index in [-0.39, 0.29) is 24.3 Å². The minimum absolute atomic E-state index is 0.00480. The van der Waals surface area contributed by atoms with E-state index in [1.54, 1.807) is 18.3 Å². The molecule has 0 radical (unpaired) electrons. The molecule has 2 heterocycles. The van der Waals surface area contributed by atoms with Crippen molar-refractivity contribution < 1.29 is 14.3 Å². The number of aryl methyl sites for hydroxylation is 1. The Kier molecular flexibility index (Phi) is 4.70. The van der Waals surface area contributed by atoms with Crippen molar-refractivity contribution in [3.8, 4) is 5.75 Å². The number of anilines is 2. The molecule has 0 fully saturated rings. The predicted molar refractivity (Wildman–Crippen MR) is 95.7 cm³/mol. The van der Waals surface area contributed by atoms with Gasteiger partial charge in [-0.15, -0.1) is 0 Å². The molecule has 3 rings (SSSR count). The molecular formula is C19H21N3O3. The molecule has 2 amide bonds. The van der Waals surface area contributed by atoms with Crippen LogP contribution in [0.1, 0.15) is 19.4 Å². The van der Waals surface area contributed by atoms with Gasteiger partial charge in [0.2, 0.25) is 5.91 Å². The Morgan fingerprint density at radius 1 is 1.28 bits per heavy atom. The van der Waals surface area contributed by atoms with Gasteiger partial charge < -0.3 is 10.1 Å². The molecule has 1 aliphatic heterocycles. The van der Waals surface area contributed by atoms with Gasteiger partial charge in [0.25, 0.3) is 5.91 Å². The summed E-state index contributed by atoms with van der Waals surface area (Å²) in [7, 11) is 0. The van der Waals surface area contributed by atoms with E-state index in [2.05, 4.69) is 10.3 Å². The first-order valence-electron chi connectivity index (χ1n) is 8.25. The highest BCUT2D eigenvalue weighted by Crippen LogP contribution is 2.35. The van der Waals surface area contributed by atoms with Gasteiger partial charge in [0.05, 0.1) is 5.69 Å². The van der Waals surface area contributed by atoms with E-state index in [9.17, 15) is 9.59 Å². The fourth-order valence-electron chi connectivity index (χ4n) is 2.69. The van der Waals surface area contributed by atoms with E-state index < -0.39 is 6.10 Å². The molecule has 0 saturated carbocycles. The molecule has 1 unspecified atom stereocenters. The SMILES string of the molecule is Cc1ccc(NC(=O)CN2C(=O)C(C(C)C)Oc3ccccc32)nc1. The minimum atomic E-state index is -0.597. The molecule has 1 aromatic carbocycles. The van der Waals surface area contributed by atoms with Gasteiger partial charge in [-0.25, -0.2) is 4.98 Å². The number of hydrogen-bond acceptors (Lipinski definition) is 4. The maximum Gasteiger partial charge on any atom is 0.268 e. The van der Waals surface area contributed by atoms with Crippen LogP contribution in [0.25, 0.3) is 0 Å². The van der Waals surface area contributed by atoms with Crippen molar-refractivity contribution in [1.29, 1.82) is 0 Å². The summed E-state index contributed by atoms with van der Waals surface area (Å²) in [5.74, 6) is 0.571. The van der Waals surface area contributed by atoms with Crippen LogP contribution in [0, 0.1) is 12.8 Å². The zero-order valence-electron chi connectivity index (χ0n) is 14.5. The second-order valence-electron chi connectivity index (χ2n) is 6.44. The molecule has 1 N–H and O–H groups in total. The van der Waals surface area contributed by atoms with Crippen LogP contribution in [0.15, 0.2) is 42.6 Å². The summed E-state index contributed by atoms with van der Waals surface area (Å²) >= 11 is 0. The summed E-state index contributed by atoms with van der Waals surface area (Å²) in [6.07, 6.45) is 1.08. The third kappa shape index (κ3) is 3.63. The maximum atomic E-state index is 12.8. The number of amides is 2. The van der Waals surface area contributed by atoms with Crippen molar-refractivity contribution >= 4 is 23.3 Å². The largest absolute Gasteiger partial charge is 0.478 e. The van der Waals surface area contributed by atoms with Gasteiger partial charge in [0, 0.05) is 6.20 Å². The zero-order chi connectivity index (χ0) is 18.0. The minimum Gasteiger partial charge on any atom is -0.478 e. The van der Waals surface area contributed by atoms with Gasteiger partial charge in [-0.1, -0.05) is 32.0 Å². The average molecular weight is 339 g/mol. The third-order valence-electron chi connectivity index (χ3n) is 4.01. The van der Waals surface area contributed by atoms with E-state index >= 15 is 0 Å². The number of aromatic nitrogens is 1. The van der Waals surface area contributed by atoms with Gasteiger partial charge in [-0.2, -0.15) is 0 Å². The molecule has 1 aliphatic rings. The molecule has 0 bridgehead atoms. The molecule has 1 aromatic heterocycles. The molecule has 0 saturated heterocycles. The average Bonchev–Trinajstić information content (AvgIpc) is 2.59. The molecule has 6 heteroatoms. The Morgan fingerprint density at radius 3 is 2.72 bits per heavy atom. The summed E-state index contributed by atoms with van der Waals surface area (Å²) in [6, 6.07) is 10.9. The maximum absolute atomic E-state index is 12.8. The van der Waals surface area contributed by atoms with Gasteiger partial charge in [0.15, 0.2) is 6.10 Å². The van der Waals surface area contributed by atoms with Crippen LogP contribution in [-0.2, 0) is 9.59 Å². The molecular weight excluding hydrogens is 318 g/mol. The lowest BCUT2D eigenvalue weighted by Crippen LogP contribution is -2.50. The summed E-state index contributed by atoms with van der Waals surface area (Å²) in [5, 5.41) is 2.73. The van der Waals surface area contributed by atoms with Crippen LogP contribution in [0.5, 0.6) is 5.75 Å². The number of pyridine rings is 1. The Morgan fingerprint density at radius 2 is 2.04 bits per heavy atom. The third-order valence-corrected chi connectivity index (χ3v) is 4.01. The molecule has 130 valence electrons. The van der Waals surface area contributed by atoms with Crippen LogP contribution >= 0.6 is 0 Å². The van der Waals surface area contributed by atoms with Gasteiger partial charge in [-0.05, 0) is 36.6 Å². The lowest BCUT2D eigenvalue weighted by Gasteiger charge is -2.35. The van der Waals surface area contributed by atoms with Crippen molar-refractivity contribution in [2.75, 3.05) is 16.8 Å². The van der Waals surface area contributed by atoms with E-state index in [0.29, 0.717) is 17.3 Å². The number of carbonyl (C=O) groups excluding carboxylic acids is 2. The molecule has 0 aliphatic carbocycles. The predicted octanol–water partition coefficient (Wildman–Crippen LogP) is 2.78. The van der Waals surface area contributed by atoms with Crippen LogP contribution in [0.4, 0.5) is 11.5 Å². The Labute approximate surface area is 146 Å². The summed E-state index contributed by atoms with van der Waals surface area (Å²) in [4.78, 5) is 30.8. The molecule has 0 spiro atoms. The lowest BCUT2D eigenvalue weighted by atomic mass is 10.0.